The zero-order chi connectivity index (χ0) is 18.1. The Labute approximate surface area is 148 Å². The number of methoxy groups -OCH3 is 3. The van der Waals surface area contributed by atoms with Gasteiger partial charge in [-0.25, -0.2) is 4.79 Å². The molecule has 0 saturated heterocycles. The maximum atomic E-state index is 11.2. The van der Waals surface area contributed by atoms with Crippen molar-refractivity contribution in [2.24, 2.45) is 0 Å². The van der Waals surface area contributed by atoms with Crippen molar-refractivity contribution in [2.45, 2.75) is 19.3 Å². The van der Waals surface area contributed by atoms with Gasteiger partial charge in [-0.05, 0) is 48.6 Å². The van der Waals surface area contributed by atoms with Crippen LogP contribution in [0.3, 0.4) is 0 Å². The summed E-state index contributed by atoms with van der Waals surface area (Å²) >= 11 is 0. The summed E-state index contributed by atoms with van der Waals surface area (Å²) < 4.78 is 20.7. The predicted octanol–water partition coefficient (Wildman–Crippen LogP) is 3.43. The highest BCUT2D eigenvalue weighted by molar-refractivity contribution is 5.70. The van der Waals surface area contributed by atoms with E-state index in [0.29, 0.717) is 0 Å². The van der Waals surface area contributed by atoms with Crippen molar-refractivity contribution in [2.75, 3.05) is 27.9 Å². The molecule has 0 fully saturated rings. The van der Waals surface area contributed by atoms with Crippen molar-refractivity contribution < 1.29 is 23.7 Å². The molecule has 2 rings (SSSR count). The Morgan fingerprint density at radius 1 is 0.880 bits per heavy atom. The van der Waals surface area contributed by atoms with E-state index in [4.69, 9.17) is 14.2 Å². The summed E-state index contributed by atoms with van der Waals surface area (Å²) in [6.45, 7) is -0.0802. The third-order valence-electron chi connectivity index (χ3n) is 3.91. The first-order valence-electron chi connectivity index (χ1n) is 8.16. The molecular weight excluding hydrogens is 320 g/mol. The van der Waals surface area contributed by atoms with Gasteiger partial charge in [-0.1, -0.05) is 24.3 Å². The van der Waals surface area contributed by atoms with E-state index < -0.39 is 0 Å². The monoisotopic (exact) mass is 344 g/mol. The van der Waals surface area contributed by atoms with E-state index >= 15 is 0 Å². The molecule has 0 radical (unpaired) electrons. The lowest BCUT2D eigenvalue weighted by atomic mass is 10.0. The molecule has 0 spiro atoms. The predicted molar refractivity (Wildman–Crippen MR) is 95.5 cm³/mol. The van der Waals surface area contributed by atoms with Gasteiger partial charge in [-0.3, -0.25) is 0 Å². The number of esters is 1. The molecule has 5 nitrogen and oxygen atoms in total. The van der Waals surface area contributed by atoms with E-state index in [9.17, 15) is 4.79 Å². The average molecular weight is 344 g/mol. The molecule has 5 heteroatoms. The van der Waals surface area contributed by atoms with Gasteiger partial charge >= 0.3 is 5.97 Å². The van der Waals surface area contributed by atoms with E-state index in [1.807, 2.05) is 42.5 Å². The summed E-state index contributed by atoms with van der Waals surface area (Å²) in [5.41, 5.74) is 2.26. The highest BCUT2D eigenvalue weighted by atomic mass is 16.6. The van der Waals surface area contributed by atoms with Crippen LogP contribution in [0.15, 0.2) is 42.5 Å². The number of carbonyl (C=O) groups is 1. The zero-order valence-electron chi connectivity index (χ0n) is 14.9. The third-order valence-corrected chi connectivity index (χ3v) is 3.91. The second kappa shape index (κ2) is 9.57. The largest absolute Gasteiger partial charge is 0.493 e. The molecule has 2 aromatic carbocycles. The molecule has 0 bridgehead atoms. The molecular formula is C20H24O5. The van der Waals surface area contributed by atoms with Crippen molar-refractivity contribution in [1.29, 1.82) is 0 Å². The molecule has 2 aromatic rings. The van der Waals surface area contributed by atoms with Crippen LogP contribution in [-0.2, 0) is 22.4 Å². The Hall–Kier alpha value is -2.69. The van der Waals surface area contributed by atoms with Crippen LogP contribution in [0, 0.1) is 0 Å². The van der Waals surface area contributed by atoms with Gasteiger partial charge in [0.2, 0.25) is 0 Å². The van der Waals surface area contributed by atoms with Crippen molar-refractivity contribution >= 4 is 5.97 Å². The standard InChI is InChI=1S/C20H24O5/c1-22-18-12-11-15(13-19(18)23-2)7-6-9-16-8-4-5-10-17(16)25-14-20(21)24-3/h4-5,8,10-13H,6-7,9,14H2,1-3H3. The molecule has 25 heavy (non-hydrogen) atoms. The minimum atomic E-state index is -0.389. The summed E-state index contributed by atoms with van der Waals surface area (Å²) in [4.78, 5) is 11.2. The molecule has 0 N–H and O–H groups in total. The Kier molecular flexibility index (Phi) is 7.14. The summed E-state index contributed by atoms with van der Waals surface area (Å²) in [5, 5.41) is 0. The van der Waals surface area contributed by atoms with Gasteiger partial charge in [0.15, 0.2) is 18.1 Å². The quantitative estimate of drug-likeness (QED) is 0.652. The van der Waals surface area contributed by atoms with Crippen molar-refractivity contribution in [3.05, 3.63) is 53.6 Å². The Bertz CT molecular complexity index is 696. The number of rotatable bonds is 9. The normalized spacial score (nSPS) is 10.2. The molecule has 134 valence electrons. The average Bonchev–Trinajstić information content (AvgIpc) is 2.66. The summed E-state index contributed by atoms with van der Waals surface area (Å²) in [5.74, 6) is 1.80. The van der Waals surface area contributed by atoms with E-state index in [1.165, 1.54) is 12.7 Å². The highest BCUT2D eigenvalue weighted by Crippen LogP contribution is 2.28. The third kappa shape index (κ3) is 5.41. The maximum absolute atomic E-state index is 11.2. The van der Waals surface area contributed by atoms with Crippen LogP contribution in [0.5, 0.6) is 17.2 Å². The van der Waals surface area contributed by atoms with E-state index in [-0.39, 0.29) is 12.6 Å². The number of hydrogen-bond donors (Lipinski definition) is 0. The van der Waals surface area contributed by atoms with Crippen molar-refractivity contribution in [3.8, 4) is 17.2 Å². The fraction of sp³-hybridized carbons (Fsp3) is 0.350. The molecule has 0 aliphatic rings. The maximum Gasteiger partial charge on any atom is 0.343 e. The van der Waals surface area contributed by atoms with Crippen LogP contribution in [0.2, 0.25) is 0 Å². The van der Waals surface area contributed by atoms with Gasteiger partial charge in [0.1, 0.15) is 5.75 Å². The molecule has 0 aliphatic carbocycles. The summed E-state index contributed by atoms with van der Waals surface area (Å²) in [6, 6.07) is 13.7. The van der Waals surface area contributed by atoms with Gasteiger partial charge in [0.05, 0.1) is 21.3 Å². The van der Waals surface area contributed by atoms with Crippen molar-refractivity contribution in [1.82, 2.24) is 0 Å². The molecule has 0 atom stereocenters. The highest BCUT2D eigenvalue weighted by Gasteiger charge is 2.08. The Morgan fingerprint density at radius 3 is 2.36 bits per heavy atom. The second-order valence-corrected chi connectivity index (χ2v) is 5.52. The number of hydrogen-bond acceptors (Lipinski definition) is 5. The second-order valence-electron chi connectivity index (χ2n) is 5.52. The van der Waals surface area contributed by atoms with Gasteiger partial charge in [0.25, 0.3) is 0 Å². The van der Waals surface area contributed by atoms with Crippen LogP contribution < -0.4 is 14.2 Å². The minimum absolute atomic E-state index is 0.0802. The fourth-order valence-corrected chi connectivity index (χ4v) is 2.57. The van der Waals surface area contributed by atoms with Crippen molar-refractivity contribution in [3.63, 3.8) is 0 Å². The first-order valence-corrected chi connectivity index (χ1v) is 8.16. The molecule has 0 aromatic heterocycles. The van der Waals surface area contributed by atoms with E-state index in [0.717, 1.165) is 42.1 Å². The van der Waals surface area contributed by atoms with Gasteiger partial charge in [-0.15, -0.1) is 0 Å². The summed E-state index contributed by atoms with van der Waals surface area (Å²) in [7, 11) is 4.61. The lowest BCUT2D eigenvalue weighted by Gasteiger charge is -2.11. The molecule has 0 saturated carbocycles. The zero-order valence-corrected chi connectivity index (χ0v) is 14.9. The molecule has 0 aliphatic heterocycles. The van der Waals surface area contributed by atoms with Crippen LogP contribution >= 0.6 is 0 Å². The molecule has 0 heterocycles. The van der Waals surface area contributed by atoms with Crippen LogP contribution in [0.1, 0.15) is 17.5 Å². The number of benzene rings is 2. The van der Waals surface area contributed by atoms with Gasteiger partial charge < -0.3 is 18.9 Å². The Morgan fingerprint density at radius 2 is 1.64 bits per heavy atom. The first-order chi connectivity index (χ1) is 12.2. The van der Waals surface area contributed by atoms with E-state index in [2.05, 4.69) is 4.74 Å². The SMILES string of the molecule is COC(=O)COc1ccccc1CCCc1ccc(OC)c(OC)c1. The minimum Gasteiger partial charge on any atom is -0.493 e. The summed E-state index contributed by atoms with van der Waals surface area (Å²) in [6.07, 6.45) is 2.71. The number of para-hydroxylation sites is 1. The van der Waals surface area contributed by atoms with E-state index in [1.54, 1.807) is 14.2 Å². The fourth-order valence-electron chi connectivity index (χ4n) is 2.57. The van der Waals surface area contributed by atoms with Crippen LogP contribution in [0.25, 0.3) is 0 Å². The van der Waals surface area contributed by atoms with Crippen LogP contribution in [-0.4, -0.2) is 33.9 Å². The number of aryl methyl sites for hydroxylation is 2. The van der Waals surface area contributed by atoms with Gasteiger partial charge in [-0.2, -0.15) is 0 Å². The Balaban J connectivity index is 1.94. The number of carbonyl (C=O) groups excluding carboxylic acids is 1. The van der Waals surface area contributed by atoms with Crippen LogP contribution in [0.4, 0.5) is 0 Å². The topological polar surface area (TPSA) is 54.0 Å². The first kappa shape index (κ1) is 18.6. The molecule has 0 unspecified atom stereocenters. The number of ether oxygens (including phenoxy) is 4. The van der Waals surface area contributed by atoms with Gasteiger partial charge in [0, 0.05) is 0 Å². The molecule has 0 amide bonds. The lowest BCUT2D eigenvalue weighted by Crippen LogP contribution is -2.13. The smallest absolute Gasteiger partial charge is 0.343 e. The lowest BCUT2D eigenvalue weighted by molar-refractivity contribution is -0.142.